The lowest BCUT2D eigenvalue weighted by molar-refractivity contribution is 0.443. The molecule has 0 N–H and O–H groups in total. The summed E-state index contributed by atoms with van der Waals surface area (Å²) in [6.07, 6.45) is 6.57. The highest BCUT2D eigenvalue weighted by molar-refractivity contribution is 6.09. The van der Waals surface area contributed by atoms with Crippen LogP contribution >= 0.6 is 0 Å². The molecule has 280 valence electrons. The van der Waals surface area contributed by atoms with E-state index < -0.39 is 5.41 Å². The van der Waals surface area contributed by atoms with Gasteiger partial charge in [0.15, 0.2) is 0 Å². The molecule has 1 atom stereocenters. The van der Waals surface area contributed by atoms with Gasteiger partial charge < -0.3 is 9.32 Å². The van der Waals surface area contributed by atoms with Crippen LogP contribution in [0.4, 0.5) is 17.1 Å². The summed E-state index contributed by atoms with van der Waals surface area (Å²) in [7, 11) is 0. The molecule has 10 aromatic rings. The molecule has 0 saturated heterocycles. The molecule has 3 aliphatic rings. The fourth-order valence-electron chi connectivity index (χ4n) is 11.5. The van der Waals surface area contributed by atoms with Crippen molar-refractivity contribution < 1.29 is 4.42 Å². The van der Waals surface area contributed by atoms with Crippen LogP contribution < -0.4 is 4.90 Å². The van der Waals surface area contributed by atoms with Gasteiger partial charge in [-0.2, -0.15) is 0 Å². The van der Waals surface area contributed by atoms with Crippen LogP contribution in [0.25, 0.3) is 65.7 Å². The number of hydrogen-bond donors (Lipinski definition) is 0. The summed E-state index contributed by atoms with van der Waals surface area (Å²) >= 11 is 0. The molecule has 3 aliphatic carbocycles. The van der Waals surface area contributed by atoms with E-state index in [4.69, 9.17) is 4.42 Å². The van der Waals surface area contributed by atoms with Crippen LogP contribution in [0.2, 0.25) is 0 Å². The van der Waals surface area contributed by atoms with Gasteiger partial charge in [0.25, 0.3) is 0 Å². The molecule has 0 aliphatic heterocycles. The van der Waals surface area contributed by atoms with Crippen molar-refractivity contribution in [2.75, 3.05) is 4.90 Å². The molecule has 0 amide bonds. The second-order valence-electron chi connectivity index (χ2n) is 17.0. The average Bonchev–Trinajstić information content (AvgIpc) is 3.81. The highest BCUT2D eigenvalue weighted by Gasteiger charge is 2.50. The smallest absolute Gasteiger partial charge is 0.137 e. The first-order chi connectivity index (χ1) is 29.3. The van der Waals surface area contributed by atoms with Gasteiger partial charge in [0, 0.05) is 33.6 Å². The lowest BCUT2D eigenvalue weighted by Gasteiger charge is -2.41. The Morgan fingerprint density at radius 1 is 0.424 bits per heavy atom. The Bertz CT molecular complexity index is 3330. The van der Waals surface area contributed by atoms with Crippen molar-refractivity contribution in [3.05, 3.63) is 210 Å². The summed E-state index contributed by atoms with van der Waals surface area (Å²) in [5, 5.41) is 7.35. The van der Waals surface area contributed by atoms with Gasteiger partial charge in [-0.1, -0.05) is 159 Å². The molecule has 0 bridgehead atoms. The first-order valence-corrected chi connectivity index (χ1v) is 21.4. The number of nitrogens with zero attached hydrogens (tertiary/aromatic N) is 1. The lowest BCUT2D eigenvalue weighted by Crippen LogP contribution is -2.32. The molecule has 2 heteroatoms. The number of benzene rings is 9. The third kappa shape index (κ3) is 4.63. The third-order valence-corrected chi connectivity index (χ3v) is 14.0. The monoisotopic (exact) mass is 755 g/mol. The van der Waals surface area contributed by atoms with E-state index in [0.717, 1.165) is 39.0 Å². The number of furan rings is 1. The van der Waals surface area contributed by atoms with Crippen LogP contribution in [-0.4, -0.2) is 0 Å². The minimum absolute atomic E-state index is 0.511. The first kappa shape index (κ1) is 33.1. The van der Waals surface area contributed by atoms with Gasteiger partial charge in [-0.05, 0) is 121 Å². The molecule has 1 aromatic heterocycles. The predicted molar refractivity (Wildman–Crippen MR) is 246 cm³/mol. The number of hydrogen-bond acceptors (Lipinski definition) is 2. The fraction of sp³-hybridized carbons (Fsp3) is 0.123. The van der Waals surface area contributed by atoms with Gasteiger partial charge in [-0.3, -0.25) is 0 Å². The molecular weight excluding hydrogens is 715 g/mol. The molecule has 1 heterocycles. The zero-order valence-corrected chi connectivity index (χ0v) is 32.8. The van der Waals surface area contributed by atoms with Crippen LogP contribution in [0.15, 0.2) is 186 Å². The van der Waals surface area contributed by atoms with E-state index in [9.17, 15) is 0 Å². The average molecular weight is 756 g/mol. The van der Waals surface area contributed by atoms with Crippen molar-refractivity contribution >= 4 is 60.5 Å². The standard InChI is InChI=1S/C57H41NO/c1-2-13-36(14-3-1)39-27-32-50-48(33-39)47-22-10-17-38-18-11-24-51(56(38)47)57(50)49-23-8-6-20-43(49)44-30-28-40(34-52(44)57)58(53-25-12-16-37-15-4-5-19-42(37)53)41-29-31-46-45-21-7-9-26-54(45)59-55(46)35-41/h4-12,15-36H,1-3,13-14H2. The number of para-hydroxylation sites is 1. The van der Waals surface area contributed by atoms with E-state index in [1.54, 1.807) is 0 Å². The van der Waals surface area contributed by atoms with Crippen molar-refractivity contribution in [2.45, 2.75) is 43.4 Å². The zero-order chi connectivity index (χ0) is 38.7. The summed E-state index contributed by atoms with van der Waals surface area (Å²) in [5.74, 6) is 0.620. The SMILES string of the molecule is c1ccc2c(c1)-c1ccc(N(c3ccc4c(c3)oc3ccccc34)c3cccc4ccccc34)cc1C21c2ccc(C3CCCCC3)cc2-c2cccc3cccc1c23. The minimum atomic E-state index is -0.511. The predicted octanol–water partition coefficient (Wildman–Crippen LogP) is 15.8. The highest BCUT2D eigenvalue weighted by Crippen LogP contribution is 2.63. The largest absolute Gasteiger partial charge is 0.456 e. The topological polar surface area (TPSA) is 16.4 Å². The summed E-state index contributed by atoms with van der Waals surface area (Å²) in [6.45, 7) is 0. The molecule has 13 rings (SSSR count). The van der Waals surface area contributed by atoms with Crippen LogP contribution in [0, 0.1) is 0 Å². The Hall–Kier alpha value is -6.90. The summed E-state index contributed by atoms with van der Waals surface area (Å²) < 4.78 is 6.54. The summed E-state index contributed by atoms with van der Waals surface area (Å²) in [5.41, 5.74) is 16.9. The van der Waals surface area contributed by atoms with E-state index in [-0.39, 0.29) is 0 Å². The summed E-state index contributed by atoms with van der Waals surface area (Å²) in [4.78, 5) is 2.45. The van der Waals surface area contributed by atoms with Crippen molar-refractivity contribution in [3.63, 3.8) is 0 Å². The molecule has 9 aromatic carbocycles. The Morgan fingerprint density at radius 2 is 1.08 bits per heavy atom. The first-order valence-electron chi connectivity index (χ1n) is 21.4. The molecule has 59 heavy (non-hydrogen) atoms. The zero-order valence-electron chi connectivity index (χ0n) is 32.8. The Morgan fingerprint density at radius 3 is 2.02 bits per heavy atom. The van der Waals surface area contributed by atoms with Gasteiger partial charge in [0.1, 0.15) is 11.2 Å². The molecule has 1 unspecified atom stereocenters. The lowest BCUT2D eigenvalue weighted by atomic mass is 9.61. The van der Waals surface area contributed by atoms with Gasteiger partial charge in [-0.25, -0.2) is 0 Å². The van der Waals surface area contributed by atoms with E-state index in [2.05, 4.69) is 181 Å². The maximum absolute atomic E-state index is 6.54. The Kier molecular flexibility index (Phi) is 7.04. The van der Waals surface area contributed by atoms with Crippen molar-refractivity contribution in [1.82, 2.24) is 0 Å². The second kappa shape index (κ2) is 12.5. The molecule has 1 spiro atoms. The van der Waals surface area contributed by atoms with Crippen LogP contribution in [0.5, 0.6) is 0 Å². The second-order valence-corrected chi connectivity index (χ2v) is 17.0. The number of fused-ring (bicyclic) bond motifs is 13. The Balaban J connectivity index is 1.11. The molecule has 1 fully saturated rings. The van der Waals surface area contributed by atoms with Gasteiger partial charge >= 0.3 is 0 Å². The maximum atomic E-state index is 6.54. The highest BCUT2D eigenvalue weighted by atomic mass is 16.3. The maximum Gasteiger partial charge on any atom is 0.137 e. The van der Waals surface area contributed by atoms with Gasteiger partial charge in [-0.15, -0.1) is 0 Å². The van der Waals surface area contributed by atoms with Crippen LogP contribution in [0.3, 0.4) is 0 Å². The van der Waals surface area contributed by atoms with Crippen molar-refractivity contribution in [3.8, 4) is 22.3 Å². The molecule has 0 radical (unpaired) electrons. The van der Waals surface area contributed by atoms with E-state index in [1.165, 1.54) is 104 Å². The van der Waals surface area contributed by atoms with Crippen LogP contribution in [-0.2, 0) is 5.41 Å². The summed E-state index contributed by atoms with van der Waals surface area (Å²) in [6, 6.07) is 68.5. The Labute approximate surface area is 344 Å². The van der Waals surface area contributed by atoms with Crippen LogP contribution in [0.1, 0.15) is 65.8 Å². The van der Waals surface area contributed by atoms with E-state index >= 15 is 0 Å². The fourth-order valence-corrected chi connectivity index (χ4v) is 11.5. The van der Waals surface area contributed by atoms with E-state index in [1.807, 2.05) is 6.07 Å². The third-order valence-electron chi connectivity index (χ3n) is 14.0. The molecular formula is C57H41NO. The van der Waals surface area contributed by atoms with E-state index in [0.29, 0.717) is 5.92 Å². The van der Waals surface area contributed by atoms with Crippen molar-refractivity contribution in [2.24, 2.45) is 0 Å². The number of anilines is 3. The minimum Gasteiger partial charge on any atom is -0.456 e. The quantitative estimate of drug-likeness (QED) is 0.178. The normalized spacial score (nSPS) is 16.8. The van der Waals surface area contributed by atoms with Crippen molar-refractivity contribution in [1.29, 1.82) is 0 Å². The molecule has 2 nitrogen and oxygen atoms in total. The molecule has 1 saturated carbocycles. The van der Waals surface area contributed by atoms with Gasteiger partial charge in [0.05, 0.1) is 11.1 Å². The van der Waals surface area contributed by atoms with Gasteiger partial charge in [0.2, 0.25) is 0 Å². The number of rotatable bonds is 4.